The lowest BCUT2D eigenvalue weighted by Gasteiger charge is -2.11. The van der Waals surface area contributed by atoms with Crippen LogP contribution in [0.15, 0.2) is 41.4 Å². The van der Waals surface area contributed by atoms with E-state index in [1.807, 2.05) is 0 Å². The van der Waals surface area contributed by atoms with Crippen molar-refractivity contribution in [2.24, 2.45) is 0 Å². The number of aromatic nitrogens is 1. The standard InChI is InChI=1S/C13H13N3O6S/c1-21-11-5-4-10(16(17)18)7-12(11)23(19,20)15-9-3-6-13(22-2)14-8-9/h3-8,15H,1-2H3. The van der Waals surface area contributed by atoms with E-state index < -0.39 is 14.9 Å². The molecule has 122 valence electrons. The minimum absolute atomic E-state index is 0.00966. The molecule has 1 aromatic heterocycles. The van der Waals surface area contributed by atoms with Crippen molar-refractivity contribution < 1.29 is 22.8 Å². The second-order valence-corrected chi connectivity index (χ2v) is 5.94. The van der Waals surface area contributed by atoms with E-state index in [1.54, 1.807) is 0 Å². The van der Waals surface area contributed by atoms with E-state index in [0.717, 1.165) is 12.1 Å². The van der Waals surface area contributed by atoms with Gasteiger partial charge < -0.3 is 9.47 Å². The van der Waals surface area contributed by atoms with Gasteiger partial charge in [-0.2, -0.15) is 0 Å². The molecule has 0 aliphatic heterocycles. The Hall–Kier alpha value is -2.88. The van der Waals surface area contributed by atoms with Crippen LogP contribution < -0.4 is 14.2 Å². The Balaban J connectivity index is 2.41. The molecule has 1 aromatic carbocycles. The summed E-state index contributed by atoms with van der Waals surface area (Å²) in [5.41, 5.74) is -0.182. The Kier molecular flexibility index (Phi) is 4.65. The van der Waals surface area contributed by atoms with Crippen molar-refractivity contribution >= 4 is 21.4 Å². The van der Waals surface area contributed by atoms with Gasteiger partial charge in [-0.05, 0) is 12.1 Å². The second kappa shape index (κ2) is 6.48. The van der Waals surface area contributed by atoms with Gasteiger partial charge in [-0.25, -0.2) is 13.4 Å². The van der Waals surface area contributed by atoms with E-state index in [9.17, 15) is 18.5 Å². The predicted octanol–water partition coefficient (Wildman–Crippen LogP) is 1.81. The number of pyridine rings is 1. The lowest BCUT2D eigenvalue weighted by atomic mass is 10.3. The van der Waals surface area contributed by atoms with Crippen LogP contribution in [0.2, 0.25) is 0 Å². The number of ether oxygens (including phenoxy) is 2. The summed E-state index contributed by atoms with van der Waals surface area (Å²) >= 11 is 0. The van der Waals surface area contributed by atoms with E-state index in [2.05, 4.69) is 9.71 Å². The summed E-state index contributed by atoms with van der Waals surface area (Å²) in [5.74, 6) is 0.311. The molecule has 0 saturated carbocycles. The van der Waals surface area contributed by atoms with Crippen molar-refractivity contribution in [3.63, 3.8) is 0 Å². The van der Waals surface area contributed by atoms with Gasteiger partial charge in [0.05, 0.1) is 31.0 Å². The third kappa shape index (κ3) is 3.66. The number of rotatable bonds is 6. The zero-order chi connectivity index (χ0) is 17.0. The number of nitro groups is 1. The van der Waals surface area contributed by atoms with Crippen LogP contribution >= 0.6 is 0 Å². The van der Waals surface area contributed by atoms with Gasteiger partial charge in [0.25, 0.3) is 15.7 Å². The fourth-order valence-corrected chi connectivity index (χ4v) is 2.99. The molecule has 1 heterocycles. The van der Waals surface area contributed by atoms with Crippen LogP contribution in [0.3, 0.4) is 0 Å². The summed E-state index contributed by atoms with van der Waals surface area (Å²) < 4.78 is 37.0. The highest BCUT2D eigenvalue weighted by atomic mass is 32.2. The molecule has 0 aliphatic rings. The van der Waals surface area contributed by atoms with Crippen LogP contribution in [0.1, 0.15) is 0 Å². The average Bonchev–Trinajstić information content (AvgIpc) is 2.54. The van der Waals surface area contributed by atoms with Gasteiger partial charge in [-0.1, -0.05) is 0 Å². The van der Waals surface area contributed by atoms with Crippen molar-refractivity contribution in [1.82, 2.24) is 4.98 Å². The van der Waals surface area contributed by atoms with E-state index in [0.29, 0.717) is 5.88 Å². The van der Waals surface area contributed by atoms with Gasteiger partial charge in [-0.3, -0.25) is 14.8 Å². The Morgan fingerprint density at radius 3 is 2.43 bits per heavy atom. The summed E-state index contributed by atoms with van der Waals surface area (Å²) in [5, 5.41) is 10.8. The zero-order valence-electron chi connectivity index (χ0n) is 12.2. The fourth-order valence-electron chi connectivity index (χ4n) is 1.76. The van der Waals surface area contributed by atoms with Crippen LogP contribution in [0.5, 0.6) is 11.6 Å². The summed E-state index contributed by atoms with van der Waals surface area (Å²) in [4.78, 5) is 13.7. The Morgan fingerprint density at radius 2 is 1.91 bits per heavy atom. The van der Waals surface area contributed by atoms with Crippen molar-refractivity contribution in [2.45, 2.75) is 4.90 Å². The highest BCUT2D eigenvalue weighted by Crippen LogP contribution is 2.29. The molecule has 0 bridgehead atoms. The van der Waals surface area contributed by atoms with Crippen LogP contribution in [0, 0.1) is 10.1 Å². The van der Waals surface area contributed by atoms with Crippen LogP contribution in [-0.2, 0) is 10.0 Å². The first-order valence-electron chi connectivity index (χ1n) is 6.22. The summed E-state index contributed by atoms with van der Waals surface area (Å²) in [7, 11) is -1.39. The number of hydrogen-bond acceptors (Lipinski definition) is 7. The van der Waals surface area contributed by atoms with E-state index in [4.69, 9.17) is 9.47 Å². The third-order valence-corrected chi connectivity index (χ3v) is 4.25. The highest BCUT2D eigenvalue weighted by Gasteiger charge is 2.23. The molecule has 0 atom stereocenters. The molecule has 0 spiro atoms. The number of methoxy groups -OCH3 is 2. The monoisotopic (exact) mass is 339 g/mol. The molecule has 1 N–H and O–H groups in total. The average molecular weight is 339 g/mol. The molecule has 0 saturated heterocycles. The SMILES string of the molecule is COc1ccc(NS(=O)(=O)c2cc([N+](=O)[O-])ccc2OC)cn1. The number of hydrogen-bond donors (Lipinski definition) is 1. The first kappa shape index (κ1) is 16.5. The lowest BCUT2D eigenvalue weighted by Crippen LogP contribution is -2.14. The molecule has 9 nitrogen and oxygen atoms in total. The second-order valence-electron chi connectivity index (χ2n) is 4.29. The summed E-state index contributed by atoms with van der Waals surface area (Å²) in [6.45, 7) is 0. The largest absolute Gasteiger partial charge is 0.495 e. The van der Waals surface area contributed by atoms with Crippen molar-refractivity contribution in [3.8, 4) is 11.6 Å². The molecule has 0 radical (unpaired) electrons. The van der Waals surface area contributed by atoms with Gasteiger partial charge in [0.15, 0.2) is 0 Å². The Morgan fingerprint density at radius 1 is 1.17 bits per heavy atom. The quantitative estimate of drug-likeness (QED) is 0.629. The van der Waals surface area contributed by atoms with Gasteiger partial charge in [-0.15, -0.1) is 0 Å². The molecule has 0 unspecified atom stereocenters. The molecular weight excluding hydrogens is 326 g/mol. The van der Waals surface area contributed by atoms with Crippen molar-refractivity contribution in [1.29, 1.82) is 0 Å². The molecular formula is C13H13N3O6S. The summed E-state index contributed by atoms with van der Waals surface area (Å²) in [6, 6.07) is 6.24. The maximum absolute atomic E-state index is 12.4. The number of nitrogens with zero attached hydrogens (tertiary/aromatic N) is 2. The normalized spacial score (nSPS) is 10.9. The first-order valence-corrected chi connectivity index (χ1v) is 7.71. The number of benzene rings is 1. The van der Waals surface area contributed by atoms with Gasteiger partial charge >= 0.3 is 0 Å². The number of anilines is 1. The summed E-state index contributed by atoms with van der Waals surface area (Å²) in [6.07, 6.45) is 1.26. The maximum Gasteiger partial charge on any atom is 0.271 e. The smallest absolute Gasteiger partial charge is 0.271 e. The molecule has 2 rings (SSSR count). The Bertz CT molecular complexity index is 820. The molecule has 10 heteroatoms. The van der Waals surface area contributed by atoms with E-state index in [1.165, 1.54) is 38.6 Å². The van der Waals surface area contributed by atoms with Gasteiger partial charge in [0.2, 0.25) is 5.88 Å². The van der Waals surface area contributed by atoms with Gasteiger partial charge in [0, 0.05) is 18.2 Å². The molecule has 0 fully saturated rings. The van der Waals surface area contributed by atoms with E-state index in [-0.39, 0.29) is 22.0 Å². The van der Waals surface area contributed by atoms with Crippen LogP contribution in [0.4, 0.5) is 11.4 Å². The number of non-ortho nitro benzene ring substituents is 1. The molecule has 23 heavy (non-hydrogen) atoms. The number of nitro benzene ring substituents is 1. The maximum atomic E-state index is 12.4. The molecule has 0 aliphatic carbocycles. The Labute approximate surface area is 132 Å². The topological polar surface area (TPSA) is 121 Å². The molecule has 0 amide bonds. The van der Waals surface area contributed by atoms with Gasteiger partial charge in [0.1, 0.15) is 10.6 Å². The van der Waals surface area contributed by atoms with Crippen molar-refractivity contribution in [2.75, 3.05) is 18.9 Å². The van der Waals surface area contributed by atoms with E-state index >= 15 is 0 Å². The highest BCUT2D eigenvalue weighted by molar-refractivity contribution is 7.92. The molecule has 2 aromatic rings. The zero-order valence-corrected chi connectivity index (χ0v) is 13.0. The predicted molar refractivity (Wildman–Crippen MR) is 81.2 cm³/mol. The first-order chi connectivity index (χ1) is 10.9. The fraction of sp³-hybridized carbons (Fsp3) is 0.154. The van der Waals surface area contributed by atoms with Crippen molar-refractivity contribution in [3.05, 3.63) is 46.6 Å². The minimum Gasteiger partial charge on any atom is -0.495 e. The number of sulfonamides is 1. The van der Waals surface area contributed by atoms with Crippen LogP contribution in [-0.4, -0.2) is 32.5 Å². The van der Waals surface area contributed by atoms with Crippen LogP contribution in [0.25, 0.3) is 0 Å². The minimum atomic E-state index is -4.09. The number of nitrogens with one attached hydrogen (secondary N) is 1. The third-order valence-electron chi connectivity index (χ3n) is 2.85. The lowest BCUT2D eigenvalue weighted by molar-refractivity contribution is -0.385.